The van der Waals surface area contributed by atoms with Crippen LogP contribution in [0.25, 0.3) is 10.8 Å². The first-order chi connectivity index (χ1) is 8.25. The molecular weight excluding hydrogens is 350 g/mol. The Morgan fingerprint density at radius 3 is 2.35 bits per heavy atom. The predicted octanol–water partition coefficient (Wildman–Crippen LogP) is 3.92. The van der Waals surface area contributed by atoms with Crippen molar-refractivity contribution >= 4 is 42.6 Å². The average Bonchev–Trinajstić information content (AvgIpc) is 2.57. The molecular formula is C12H9Br2NO2. The predicted molar refractivity (Wildman–Crippen MR) is 72.8 cm³/mol. The molecule has 0 spiro atoms. The van der Waals surface area contributed by atoms with Crippen LogP contribution in [0.1, 0.15) is 6.42 Å². The van der Waals surface area contributed by atoms with Crippen LogP contribution < -0.4 is 9.47 Å². The maximum atomic E-state index is 5.67. The van der Waals surface area contributed by atoms with E-state index in [4.69, 9.17) is 9.47 Å². The minimum Gasteiger partial charge on any atom is -0.490 e. The number of benzene rings is 1. The fourth-order valence-corrected chi connectivity index (χ4v) is 2.69. The topological polar surface area (TPSA) is 31.4 Å². The number of nitrogens with zero attached hydrogens (tertiary/aromatic N) is 1. The van der Waals surface area contributed by atoms with Gasteiger partial charge in [-0.05, 0) is 44.0 Å². The second kappa shape index (κ2) is 4.46. The molecule has 1 aromatic carbocycles. The minimum atomic E-state index is 0.692. The van der Waals surface area contributed by atoms with Crippen molar-refractivity contribution in [1.29, 1.82) is 0 Å². The number of hydrogen-bond donors (Lipinski definition) is 0. The molecule has 2 aromatic rings. The van der Waals surface area contributed by atoms with Gasteiger partial charge in [-0.2, -0.15) is 0 Å². The summed E-state index contributed by atoms with van der Waals surface area (Å²) in [6.45, 7) is 1.39. The van der Waals surface area contributed by atoms with Gasteiger partial charge in [0.1, 0.15) is 4.60 Å². The second-order valence-electron chi connectivity index (χ2n) is 3.79. The molecule has 0 bridgehead atoms. The molecule has 3 nitrogen and oxygen atoms in total. The molecule has 2 heterocycles. The van der Waals surface area contributed by atoms with Crippen molar-refractivity contribution in [2.24, 2.45) is 0 Å². The molecule has 17 heavy (non-hydrogen) atoms. The highest BCUT2D eigenvalue weighted by molar-refractivity contribution is 9.11. The van der Waals surface area contributed by atoms with Gasteiger partial charge in [-0.3, -0.25) is 0 Å². The number of pyridine rings is 1. The van der Waals surface area contributed by atoms with Gasteiger partial charge in [-0.15, -0.1) is 0 Å². The lowest BCUT2D eigenvalue weighted by Crippen LogP contribution is -1.97. The van der Waals surface area contributed by atoms with Gasteiger partial charge in [0.2, 0.25) is 0 Å². The number of fused-ring (bicyclic) bond motifs is 2. The van der Waals surface area contributed by atoms with Crippen molar-refractivity contribution in [3.63, 3.8) is 0 Å². The van der Waals surface area contributed by atoms with Crippen molar-refractivity contribution in [2.45, 2.75) is 6.42 Å². The zero-order valence-electron chi connectivity index (χ0n) is 8.87. The first-order valence-corrected chi connectivity index (χ1v) is 6.87. The van der Waals surface area contributed by atoms with E-state index in [0.717, 1.165) is 37.8 Å². The number of rotatable bonds is 0. The molecule has 0 atom stereocenters. The lowest BCUT2D eigenvalue weighted by atomic mass is 10.1. The Balaban J connectivity index is 2.29. The summed E-state index contributed by atoms with van der Waals surface area (Å²) in [4.78, 5) is 4.25. The molecule has 5 heteroatoms. The Labute approximate surface area is 115 Å². The Kier molecular flexibility index (Phi) is 2.96. The molecule has 0 fully saturated rings. The maximum Gasteiger partial charge on any atom is 0.161 e. The van der Waals surface area contributed by atoms with Crippen LogP contribution in [0.15, 0.2) is 27.4 Å². The van der Waals surface area contributed by atoms with Gasteiger partial charge >= 0.3 is 0 Å². The summed E-state index contributed by atoms with van der Waals surface area (Å²) in [5, 5.41) is 2.08. The van der Waals surface area contributed by atoms with E-state index in [0.29, 0.717) is 13.2 Å². The first-order valence-electron chi connectivity index (χ1n) is 5.29. The van der Waals surface area contributed by atoms with Gasteiger partial charge in [-0.1, -0.05) is 0 Å². The van der Waals surface area contributed by atoms with Crippen molar-refractivity contribution in [1.82, 2.24) is 4.98 Å². The molecule has 3 rings (SSSR count). The summed E-state index contributed by atoms with van der Waals surface area (Å²) in [5.41, 5.74) is 0. The normalized spacial score (nSPS) is 14.7. The number of halogens is 2. The largest absolute Gasteiger partial charge is 0.490 e. The molecule has 1 aliphatic rings. The van der Waals surface area contributed by atoms with E-state index >= 15 is 0 Å². The van der Waals surface area contributed by atoms with Gasteiger partial charge < -0.3 is 9.47 Å². The van der Waals surface area contributed by atoms with Crippen molar-refractivity contribution < 1.29 is 9.47 Å². The highest BCUT2D eigenvalue weighted by atomic mass is 79.9. The summed E-state index contributed by atoms with van der Waals surface area (Å²) < 4.78 is 13.1. The SMILES string of the molecule is Brc1cnc(Br)c2cc3c(cc12)OCCCO3. The molecule has 0 saturated heterocycles. The van der Waals surface area contributed by atoms with Crippen LogP contribution in [0, 0.1) is 0 Å². The van der Waals surface area contributed by atoms with Crippen LogP contribution in [0.2, 0.25) is 0 Å². The van der Waals surface area contributed by atoms with Crippen molar-refractivity contribution in [3.05, 3.63) is 27.4 Å². The van der Waals surface area contributed by atoms with Gasteiger partial charge in [0, 0.05) is 27.9 Å². The number of ether oxygens (including phenoxy) is 2. The lowest BCUT2D eigenvalue weighted by molar-refractivity contribution is 0.297. The fraction of sp³-hybridized carbons (Fsp3) is 0.250. The molecule has 0 saturated carbocycles. The van der Waals surface area contributed by atoms with Gasteiger partial charge in [0.15, 0.2) is 11.5 Å². The fourth-order valence-electron chi connectivity index (χ4n) is 1.83. The van der Waals surface area contributed by atoms with Crippen LogP contribution in [0.4, 0.5) is 0 Å². The highest BCUT2D eigenvalue weighted by Crippen LogP contribution is 2.38. The van der Waals surface area contributed by atoms with Crippen LogP contribution in [0.3, 0.4) is 0 Å². The third-order valence-corrected chi connectivity index (χ3v) is 3.92. The van der Waals surface area contributed by atoms with Crippen molar-refractivity contribution in [2.75, 3.05) is 13.2 Å². The quantitative estimate of drug-likeness (QED) is 0.669. The van der Waals surface area contributed by atoms with E-state index in [1.165, 1.54) is 0 Å². The average molecular weight is 359 g/mol. The zero-order valence-corrected chi connectivity index (χ0v) is 12.0. The molecule has 0 aliphatic carbocycles. The van der Waals surface area contributed by atoms with E-state index in [1.54, 1.807) is 6.20 Å². The van der Waals surface area contributed by atoms with Crippen LogP contribution >= 0.6 is 31.9 Å². The summed E-state index contributed by atoms with van der Waals surface area (Å²) in [6, 6.07) is 3.96. The lowest BCUT2D eigenvalue weighted by Gasteiger charge is -2.10. The minimum absolute atomic E-state index is 0.692. The number of aromatic nitrogens is 1. The summed E-state index contributed by atoms with van der Waals surface area (Å²) in [5.74, 6) is 1.59. The monoisotopic (exact) mass is 357 g/mol. The van der Waals surface area contributed by atoms with E-state index in [9.17, 15) is 0 Å². The zero-order chi connectivity index (χ0) is 11.8. The molecule has 0 radical (unpaired) electrons. The maximum absolute atomic E-state index is 5.67. The molecule has 88 valence electrons. The highest BCUT2D eigenvalue weighted by Gasteiger charge is 2.14. The van der Waals surface area contributed by atoms with Crippen LogP contribution in [-0.4, -0.2) is 18.2 Å². The van der Waals surface area contributed by atoms with Gasteiger partial charge in [-0.25, -0.2) is 4.98 Å². The molecule has 1 aliphatic heterocycles. The molecule has 0 unspecified atom stereocenters. The Morgan fingerprint density at radius 2 is 1.65 bits per heavy atom. The standard InChI is InChI=1S/C12H9Br2NO2/c13-9-6-15-12(14)8-5-11-10(4-7(8)9)16-2-1-3-17-11/h4-6H,1-3H2. The molecule has 0 N–H and O–H groups in total. The molecule has 0 amide bonds. The third-order valence-electron chi connectivity index (χ3n) is 2.66. The van der Waals surface area contributed by atoms with Gasteiger partial charge in [0.25, 0.3) is 0 Å². The van der Waals surface area contributed by atoms with E-state index < -0.39 is 0 Å². The van der Waals surface area contributed by atoms with Crippen LogP contribution in [0.5, 0.6) is 11.5 Å². The van der Waals surface area contributed by atoms with E-state index in [-0.39, 0.29) is 0 Å². The third kappa shape index (κ3) is 2.02. The Bertz CT molecular complexity index is 536. The van der Waals surface area contributed by atoms with Gasteiger partial charge in [0.05, 0.1) is 13.2 Å². The second-order valence-corrected chi connectivity index (χ2v) is 5.40. The Hall–Kier alpha value is -0.810. The Morgan fingerprint density at radius 1 is 1.00 bits per heavy atom. The summed E-state index contributed by atoms with van der Waals surface area (Å²) in [6.07, 6.45) is 2.68. The van der Waals surface area contributed by atoms with E-state index in [2.05, 4.69) is 36.8 Å². The molecule has 1 aromatic heterocycles. The van der Waals surface area contributed by atoms with Crippen molar-refractivity contribution in [3.8, 4) is 11.5 Å². The first kappa shape index (κ1) is 11.3. The summed E-state index contributed by atoms with van der Waals surface area (Å²) in [7, 11) is 0. The summed E-state index contributed by atoms with van der Waals surface area (Å²) >= 11 is 6.95. The van der Waals surface area contributed by atoms with Crippen LogP contribution in [-0.2, 0) is 0 Å². The number of hydrogen-bond acceptors (Lipinski definition) is 3. The van der Waals surface area contributed by atoms with E-state index in [1.807, 2.05) is 12.1 Å². The smallest absolute Gasteiger partial charge is 0.161 e.